The average molecular weight is 277 g/mol. The molecule has 1 aromatic heterocycles. The van der Waals surface area contributed by atoms with E-state index in [0.29, 0.717) is 23.8 Å². The lowest BCUT2D eigenvalue weighted by Crippen LogP contribution is -2.39. The number of nitrogens with zero attached hydrogens (tertiary/aromatic N) is 1. The van der Waals surface area contributed by atoms with Crippen LogP contribution in [0.1, 0.15) is 34.7 Å². The Morgan fingerprint density at radius 3 is 2.75 bits per heavy atom. The van der Waals surface area contributed by atoms with Crippen molar-refractivity contribution in [2.45, 2.75) is 26.7 Å². The molecule has 4 heteroatoms. The van der Waals surface area contributed by atoms with Crippen molar-refractivity contribution in [1.29, 1.82) is 0 Å². The van der Waals surface area contributed by atoms with Crippen molar-refractivity contribution in [2.75, 3.05) is 26.3 Å². The van der Waals surface area contributed by atoms with E-state index < -0.39 is 0 Å². The van der Waals surface area contributed by atoms with Crippen molar-refractivity contribution in [1.82, 2.24) is 4.90 Å². The molecule has 1 amide bonds. The molecule has 0 unspecified atom stereocenters. The molecule has 2 heterocycles. The summed E-state index contributed by atoms with van der Waals surface area (Å²) in [6.07, 6.45) is 3.76. The number of amides is 1. The average Bonchev–Trinajstić information content (AvgIpc) is 2.78. The van der Waals surface area contributed by atoms with Gasteiger partial charge in [0.25, 0.3) is 5.91 Å². The van der Waals surface area contributed by atoms with Crippen LogP contribution in [0.5, 0.6) is 0 Å². The van der Waals surface area contributed by atoms with Crippen LogP contribution >= 0.6 is 0 Å². The fourth-order valence-electron chi connectivity index (χ4n) is 2.63. The predicted octanol–water partition coefficient (Wildman–Crippen LogP) is 2.95. The first-order chi connectivity index (χ1) is 9.61. The van der Waals surface area contributed by atoms with Crippen molar-refractivity contribution >= 4 is 5.91 Å². The minimum Gasteiger partial charge on any atom is -0.466 e. The summed E-state index contributed by atoms with van der Waals surface area (Å²) >= 11 is 0. The first kappa shape index (κ1) is 14.9. The van der Waals surface area contributed by atoms with Gasteiger partial charge in [0, 0.05) is 19.7 Å². The van der Waals surface area contributed by atoms with Gasteiger partial charge in [-0.05, 0) is 38.7 Å². The van der Waals surface area contributed by atoms with E-state index in [0.717, 1.165) is 38.3 Å². The van der Waals surface area contributed by atoms with Crippen LogP contribution in [0.4, 0.5) is 0 Å². The maximum atomic E-state index is 12.4. The van der Waals surface area contributed by atoms with Gasteiger partial charge in [-0.1, -0.05) is 6.08 Å². The number of piperidine rings is 1. The van der Waals surface area contributed by atoms with E-state index in [1.165, 1.54) is 0 Å². The Kier molecular flexibility index (Phi) is 5.01. The molecule has 0 spiro atoms. The minimum absolute atomic E-state index is 0.0878. The molecule has 0 N–H and O–H groups in total. The summed E-state index contributed by atoms with van der Waals surface area (Å²) in [5, 5.41) is 0. The molecule has 1 fully saturated rings. The van der Waals surface area contributed by atoms with E-state index >= 15 is 0 Å². The molecular weight excluding hydrogens is 254 g/mol. The van der Waals surface area contributed by atoms with Crippen LogP contribution in [0, 0.1) is 19.8 Å². The van der Waals surface area contributed by atoms with Gasteiger partial charge < -0.3 is 14.1 Å². The molecule has 1 aliphatic heterocycles. The number of hydrogen-bond acceptors (Lipinski definition) is 3. The van der Waals surface area contributed by atoms with Crippen molar-refractivity contribution < 1.29 is 13.9 Å². The monoisotopic (exact) mass is 277 g/mol. The van der Waals surface area contributed by atoms with E-state index in [-0.39, 0.29) is 5.91 Å². The van der Waals surface area contributed by atoms with Gasteiger partial charge >= 0.3 is 0 Å². The Balaban J connectivity index is 1.86. The predicted molar refractivity (Wildman–Crippen MR) is 77.8 cm³/mol. The highest BCUT2D eigenvalue weighted by Gasteiger charge is 2.25. The van der Waals surface area contributed by atoms with Gasteiger partial charge in [0.2, 0.25) is 0 Å². The Morgan fingerprint density at radius 2 is 2.20 bits per heavy atom. The Bertz CT molecular complexity index is 470. The van der Waals surface area contributed by atoms with Crippen LogP contribution in [-0.4, -0.2) is 37.1 Å². The molecule has 0 aliphatic carbocycles. The fourth-order valence-corrected chi connectivity index (χ4v) is 2.63. The SMILES string of the molecule is C=CCOCC1CCN(C(=O)c2cc(C)oc2C)CC1. The van der Waals surface area contributed by atoms with Crippen molar-refractivity contribution in [3.63, 3.8) is 0 Å². The summed E-state index contributed by atoms with van der Waals surface area (Å²) in [6.45, 7) is 10.3. The maximum Gasteiger partial charge on any atom is 0.257 e. The second-order valence-corrected chi connectivity index (χ2v) is 5.39. The van der Waals surface area contributed by atoms with Gasteiger partial charge in [-0.15, -0.1) is 6.58 Å². The van der Waals surface area contributed by atoms with E-state index in [1.807, 2.05) is 24.8 Å². The van der Waals surface area contributed by atoms with Crippen LogP contribution in [0.3, 0.4) is 0 Å². The number of carbonyl (C=O) groups is 1. The minimum atomic E-state index is 0.0878. The second kappa shape index (κ2) is 6.75. The number of hydrogen-bond donors (Lipinski definition) is 0. The zero-order valence-corrected chi connectivity index (χ0v) is 12.4. The first-order valence-electron chi connectivity index (χ1n) is 7.16. The smallest absolute Gasteiger partial charge is 0.257 e. The molecule has 0 radical (unpaired) electrons. The Hall–Kier alpha value is -1.55. The molecule has 0 bridgehead atoms. The highest BCUT2D eigenvalue weighted by atomic mass is 16.5. The Labute approximate surface area is 120 Å². The van der Waals surface area contributed by atoms with E-state index in [1.54, 1.807) is 6.08 Å². The molecule has 1 saturated heterocycles. The topological polar surface area (TPSA) is 42.7 Å². The highest BCUT2D eigenvalue weighted by Crippen LogP contribution is 2.22. The normalized spacial score (nSPS) is 16.4. The number of carbonyl (C=O) groups excluding carboxylic acids is 1. The largest absolute Gasteiger partial charge is 0.466 e. The molecule has 1 aliphatic rings. The van der Waals surface area contributed by atoms with Crippen LogP contribution in [0.25, 0.3) is 0 Å². The lowest BCUT2D eigenvalue weighted by Gasteiger charge is -2.31. The molecule has 2 rings (SSSR count). The van der Waals surface area contributed by atoms with Crippen LogP contribution < -0.4 is 0 Å². The summed E-state index contributed by atoms with van der Waals surface area (Å²) in [6, 6.07) is 1.83. The number of likely N-dealkylation sites (tertiary alicyclic amines) is 1. The maximum absolute atomic E-state index is 12.4. The lowest BCUT2D eigenvalue weighted by molar-refractivity contribution is 0.0574. The molecule has 0 atom stereocenters. The molecule has 4 nitrogen and oxygen atoms in total. The van der Waals surface area contributed by atoms with Crippen LogP contribution in [0.15, 0.2) is 23.1 Å². The molecule has 1 aromatic rings. The quantitative estimate of drug-likeness (QED) is 0.614. The molecule has 20 heavy (non-hydrogen) atoms. The summed E-state index contributed by atoms with van der Waals surface area (Å²) < 4.78 is 10.9. The number of furan rings is 1. The summed E-state index contributed by atoms with van der Waals surface area (Å²) in [7, 11) is 0. The zero-order chi connectivity index (χ0) is 14.5. The Morgan fingerprint density at radius 1 is 1.50 bits per heavy atom. The van der Waals surface area contributed by atoms with Crippen molar-refractivity contribution in [2.24, 2.45) is 5.92 Å². The lowest BCUT2D eigenvalue weighted by atomic mass is 9.97. The highest BCUT2D eigenvalue weighted by molar-refractivity contribution is 5.95. The summed E-state index contributed by atoms with van der Waals surface area (Å²) in [5.41, 5.74) is 0.698. The number of ether oxygens (including phenoxy) is 1. The van der Waals surface area contributed by atoms with Gasteiger partial charge in [0.05, 0.1) is 12.2 Å². The molecule has 0 saturated carbocycles. The second-order valence-electron chi connectivity index (χ2n) is 5.39. The third-order valence-electron chi connectivity index (χ3n) is 3.76. The third-order valence-corrected chi connectivity index (χ3v) is 3.76. The van der Waals surface area contributed by atoms with Crippen LogP contribution in [-0.2, 0) is 4.74 Å². The first-order valence-corrected chi connectivity index (χ1v) is 7.16. The zero-order valence-electron chi connectivity index (χ0n) is 12.4. The van der Waals surface area contributed by atoms with Gasteiger partial charge in [0.15, 0.2) is 0 Å². The molecular formula is C16H23NO3. The van der Waals surface area contributed by atoms with Gasteiger partial charge in [0.1, 0.15) is 11.5 Å². The van der Waals surface area contributed by atoms with Crippen molar-refractivity contribution in [3.05, 3.63) is 35.8 Å². The van der Waals surface area contributed by atoms with Crippen LogP contribution in [0.2, 0.25) is 0 Å². The van der Waals surface area contributed by atoms with E-state index in [9.17, 15) is 4.79 Å². The molecule has 0 aromatic carbocycles. The van der Waals surface area contributed by atoms with E-state index in [4.69, 9.17) is 9.15 Å². The van der Waals surface area contributed by atoms with Gasteiger partial charge in [-0.3, -0.25) is 4.79 Å². The summed E-state index contributed by atoms with van der Waals surface area (Å²) in [4.78, 5) is 14.3. The third kappa shape index (κ3) is 3.51. The van der Waals surface area contributed by atoms with Crippen molar-refractivity contribution in [3.8, 4) is 0 Å². The molecule has 110 valence electrons. The summed E-state index contributed by atoms with van der Waals surface area (Å²) in [5.74, 6) is 2.14. The van der Waals surface area contributed by atoms with Gasteiger partial charge in [-0.25, -0.2) is 0 Å². The number of aryl methyl sites for hydroxylation is 2. The van der Waals surface area contributed by atoms with E-state index in [2.05, 4.69) is 6.58 Å². The fraction of sp³-hybridized carbons (Fsp3) is 0.562. The number of rotatable bonds is 5. The standard InChI is InChI=1S/C16H23NO3/c1-4-9-19-11-14-5-7-17(8-6-14)16(18)15-10-12(2)20-13(15)3/h4,10,14H,1,5-9,11H2,2-3H3. The van der Waals surface area contributed by atoms with Gasteiger partial charge in [-0.2, -0.15) is 0 Å².